The summed E-state index contributed by atoms with van der Waals surface area (Å²) in [7, 11) is 0. The molecule has 1 aromatic heterocycles. The average molecular weight is 219 g/mol. The Labute approximate surface area is 92.6 Å². The molecule has 0 spiro atoms. The summed E-state index contributed by atoms with van der Waals surface area (Å²) in [6, 6.07) is 10.3. The monoisotopic (exact) mass is 219 g/mol. The first-order valence-electron chi connectivity index (χ1n) is 4.63. The number of aryl methyl sites for hydroxylation is 1. The summed E-state index contributed by atoms with van der Waals surface area (Å²) in [5, 5.41) is 0. The summed E-state index contributed by atoms with van der Waals surface area (Å²) in [5.74, 6) is -0.217. The largest absolute Gasteiger partial charge is 0.346 e. The number of aromatic amines is 1. The van der Waals surface area contributed by atoms with E-state index in [4.69, 9.17) is 12.2 Å². The second kappa shape index (κ2) is 3.95. The fourth-order valence-corrected chi connectivity index (χ4v) is 1.72. The van der Waals surface area contributed by atoms with Crippen molar-refractivity contribution in [3.63, 3.8) is 0 Å². The van der Waals surface area contributed by atoms with Crippen molar-refractivity contribution in [2.75, 3.05) is 0 Å². The van der Waals surface area contributed by atoms with E-state index < -0.39 is 0 Å². The molecular formula is C12H10FNS. The van der Waals surface area contributed by atoms with E-state index in [9.17, 15) is 4.39 Å². The third kappa shape index (κ3) is 2.13. The van der Waals surface area contributed by atoms with Crippen molar-refractivity contribution in [3.8, 4) is 11.3 Å². The first-order chi connectivity index (χ1) is 7.16. The zero-order chi connectivity index (χ0) is 10.8. The van der Waals surface area contributed by atoms with Crippen LogP contribution < -0.4 is 0 Å². The van der Waals surface area contributed by atoms with Crippen LogP contribution >= 0.6 is 12.2 Å². The fourth-order valence-electron chi connectivity index (χ4n) is 1.53. The minimum absolute atomic E-state index is 0.217. The van der Waals surface area contributed by atoms with Crippen molar-refractivity contribution in [1.82, 2.24) is 4.98 Å². The summed E-state index contributed by atoms with van der Waals surface area (Å²) in [6.45, 7) is 1.88. The number of benzene rings is 1. The van der Waals surface area contributed by atoms with Crippen LogP contribution in [0.15, 0.2) is 36.4 Å². The molecule has 15 heavy (non-hydrogen) atoms. The molecule has 76 valence electrons. The van der Waals surface area contributed by atoms with Gasteiger partial charge in [0.05, 0.1) is 0 Å². The minimum Gasteiger partial charge on any atom is -0.346 e. The van der Waals surface area contributed by atoms with E-state index in [0.29, 0.717) is 4.64 Å². The highest BCUT2D eigenvalue weighted by Crippen LogP contribution is 2.21. The lowest BCUT2D eigenvalue weighted by Crippen LogP contribution is -1.88. The number of halogens is 1. The molecule has 0 saturated carbocycles. The van der Waals surface area contributed by atoms with Gasteiger partial charge in [0, 0.05) is 11.3 Å². The summed E-state index contributed by atoms with van der Waals surface area (Å²) in [5.41, 5.74) is 2.79. The van der Waals surface area contributed by atoms with E-state index in [0.717, 1.165) is 16.8 Å². The first-order valence-corrected chi connectivity index (χ1v) is 5.03. The smallest absolute Gasteiger partial charge is 0.123 e. The Morgan fingerprint density at radius 3 is 2.67 bits per heavy atom. The van der Waals surface area contributed by atoms with Gasteiger partial charge >= 0.3 is 0 Å². The summed E-state index contributed by atoms with van der Waals surface area (Å²) >= 11 is 5.04. The van der Waals surface area contributed by atoms with E-state index in [1.165, 1.54) is 12.1 Å². The number of H-pyrrole nitrogens is 1. The lowest BCUT2D eigenvalue weighted by atomic mass is 10.1. The number of hydrogen-bond donors (Lipinski definition) is 1. The van der Waals surface area contributed by atoms with Gasteiger partial charge in [0.25, 0.3) is 0 Å². The molecule has 0 fully saturated rings. The van der Waals surface area contributed by atoms with Gasteiger partial charge in [0.15, 0.2) is 0 Å². The maximum absolute atomic E-state index is 12.9. The van der Waals surface area contributed by atoms with Gasteiger partial charge in [0.2, 0.25) is 0 Å². The summed E-state index contributed by atoms with van der Waals surface area (Å²) in [4.78, 5) is 3.08. The Morgan fingerprint density at radius 1 is 1.20 bits per heavy atom. The predicted molar refractivity (Wildman–Crippen MR) is 61.8 cm³/mol. The molecule has 0 radical (unpaired) electrons. The van der Waals surface area contributed by atoms with Crippen LogP contribution in [0.25, 0.3) is 11.3 Å². The van der Waals surface area contributed by atoms with Crippen molar-refractivity contribution in [2.45, 2.75) is 6.92 Å². The summed E-state index contributed by atoms with van der Waals surface area (Å²) in [6.07, 6.45) is 0. The van der Waals surface area contributed by atoms with Crippen LogP contribution in [0.4, 0.5) is 4.39 Å². The van der Waals surface area contributed by atoms with Crippen LogP contribution in [0.5, 0.6) is 0 Å². The van der Waals surface area contributed by atoms with Crippen LogP contribution in [0.2, 0.25) is 0 Å². The highest BCUT2D eigenvalue weighted by Gasteiger charge is 2.02. The second-order valence-corrected chi connectivity index (χ2v) is 3.83. The van der Waals surface area contributed by atoms with Gasteiger partial charge in [-0.15, -0.1) is 0 Å². The number of hydrogen-bond acceptors (Lipinski definition) is 1. The Kier molecular flexibility index (Phi) is 2.64. The number of pyridine rings is 1. The first kappa shape index (κ1) is 10.1. The molecule has 0 aliphatic rings. The van der Waals surface area contributed by atoms with Crippen molar-refractivity contribution < 1.29 is 4.39 Å². The molecule has 0 saturated heterocycles. The third-order valence-electron chi connectivity index (χ3n) is 2.25. The highest BCUT2D eigenvalue weighted by atomic mass is 32.1. The molecule has 1 N–H and O–H groups in total. The van der Waals surface area contributed by atoms with Crippen molar-refractivity contribution >= 4 is 12.2 Å². The topological polar surface area (TPSA) is 15.8 Å². The maximum Gasteiger partial charge on any atom is 0.123 e. The van der Waals surface area contributed by atoms with Gasteiger partial charge in [-0.3, -0.25) is 0 Å². The Morgan fingerprint density at radius 2 is 2.00 bits per heavy atom. The molecule has 0 atom stereocenters. The Bertz CT molecular complexity index is 545. The molecule has 2 aromatic rings. The number of rotatable bonds is 1. The van der Waals surface area contributed by atoms with Crippen LogP contribution in [0.3, 0.4) is 0 Å². The van der Waals surface area contributed by atoms with E-state index in [1.807, 2.05) is 25.1 Å². The van der Waals surface area contributed by atoms with Gasteiger partial charge in [-0.2, -0.15) is 0 Å². The standard InChI is InChI=1S/C12H10FNS/c1-8-7-9(13)5-6-10(8)11-3-2-4-12(15)14-11/h2-7H,1H3,(H,14,15). The van der Waals surface area contributed by atoms with Crippen molar-refractivity contribution in [3.05, 3.63) is 52.4 Å². The molecule has 3 heteroatoms. The molecule has 2 rings (SSSR count). The van der Waals surface area contributed by atoms with Gasteiger partial charge in [-0.05, 0) is 42.8 Å². The van der Waals surface area contributed by atoms with E-state index in [-0.39, 0.29) is 5.82 Å². The SMILES string of the molecule is Cc1cc(F)ccc1-c1cccc(=S)[nH]1. The highest BCUT2D eigenvalue weighted by molar-refractivity contribution is 7.71. The van der Waals surface area contributed by atoms with Crippen LogP contribution in [0, 0.1) is 17.4 Å². The van der Waals surface area contributed by atoms with Crippen LogP contribution in [0.1, 0.15) is 5.56 Å². The van der Waals surface area contributed by atoms with Crippen molar-refractivity contribution in [2.24, 2.45) is 0 Å². The number of nitrogens with one attached hydrogen (secondary N) is 1. The zero-order valence-corrected chi connectivity index (χ0v) is 9.07. The lowest BCUT2D eigenvalue weighted by molar-refractivity contribution is 0.627. The van der Waals surface area contributed by atoms with E-state index in [1.54, 1.807) is 6.07 Å². The Balaban J connectivity index is 2.59. The Hall–Kier alpha value is -1.48. The molecule has 0 amide bonds. The summed E-state index contributed by atoms with van der Waals surface area (Å²) < 4.78 is 13.6. The minimum atomic E-state index is -0.217. The lowest BCUT2D eigenvalue weighted by Gasteiger charge is -2.05. The van der Waals surface area contributed by atoms with Gasteiger partial charge in [-0.25, -0.2) is 4.39 Å². The van der Waals surface area contributed by atoms with Crippen LogP contribution in [-0.2, 0) is 0 Å². The molecule has 1 aromatic carbocycles. The molecule has 0 unspecified atom stereocenters. The van der Waals surface area contributed by atoms with E-state index in [2.05, 4.69) is 4.98 Å². The van der Waals surface area contributed by atoms with Gasteiger partial charge in [0.1, 0.15) is 10.5 Å². The maximum atomic E-state index is 12.9. The van der Waals surface area contributed by atoms with Gasteiger partial charge in [-0.1, -0.05) is 18.3 Å². The van der Waals surface area contributed by atoms with Gasteiger partial charge < -0.3 is 4.98 Å². The normalized spacial score (nSPS) is 10.3. The molecule has 0 bridgehead atoms. The fraction of sp³-hybridized carbons (Fsp3) is 0.0833. The van der Waals surface area contributed by atoms with E-state index >= 15 is 0 Å². The molecule has 1 nitrogen and oxygen atoms in total. The number of aromatic nitrogens is 1. The predicted octanol–water partition coefficient (Wildman–Crippen LogP) is 3.86. The van der Waals surface area contributed by atoms with Crippen LogP contribution in [-0.4, -0.2) is 4.98 Å². The van der Waals surface area contributed by atoms with Crippen molar-refractivity contribution in [1.29, 1.82) is 0 Å². The second-order valence-electron chi connectivity index (χ2n) is 3.39. The third-order valence-corrected chi connectivity index (χ3v) is 2.49. The molecule has 0 aliphatic carbocycles. The molecule has 0 aliphatic heterocycles. The molecular weight excluding hydrogens is 209 g/mol. The molecule has 1 heterocycles. The quantitative estimate of drug-likeness (QED) is 0.720. The average Bonchev–Trinajstić information content (AvgIpc) is 2.17. The zero-order valence-electron chi connectivity index (χ0n) is 8.25.